The fraction of sp³-hybridized carbons (Fsp3) is 0.0385. The molecule has 5 rings (SSSR count). The third-order valence-corrected chi connectivity index (χ3v) is 5.17. The average molecular weight is 393 g/mol. The maximum Gasteiger partial charge on any atom is 0.135 e. The normalized spacial score (nSPS) is 11.8. The number of furan rings is 1. The number of nitrogens with zero attached hydrogens (tertiary/aromatic N) is 1. The largest absolute Gasteiger partial charge is 0.487 e. The summed E-state index contributed by atoms with van der Waals surface area (Å²) in [5, 5.41) is 15.0. The second-order valence-electron chi connectivity index (χ2n) is 7.03. The summed E-state index contributed by atoms with van der Waals surface area (Å²) in [6.45, 7) is 0.155. The van der Waals surface area contributed by atoms with Crippen LogP contribution in [0.4, 0.5) is 0 Å². The lowest BCUT2D eigenvalue weighted by Gasteiger charge is -2.09. The van der Waals surface area contributed by atoms with E-state index in [4.69, 9.17) is 9.15 Å². The van der Waals surface area contributed by atoms with Gasteiger partial charge < -0.3 is 14.4 Å². The first kappa shape index (κ1) is 18.0. The molecule has 0 unspecified atom stereocenters. The second-order valence-corrected chi connectivity index (χ2v) is 7.03. The molecular weight excluding hydrogens is 374 g/mol. The zero-order valence-corrected chi connectivity index (χ0v) is 16.2. The van der Waals surface area contributed by atoms with Crippen LogP contribution in [-0.2, 0) is 0 Å². The van der Waals surface area contributed by atoms with Crippen LogP contribution in [0.25, 0.3) is 33.1 Å². The Hall–Kier alpha value is -4.05. The Morgan fingerprint density at radius 2 is 1.43 bits per heavy atom. The van der Waals surface area contributed by atoms with Crippen LogP contribution in [0.2, 0.25) is 0 Å². The van der Waals surface area contributed by atoms with Crippen LogP contribution < -0.4 is 4.74 Å². The standard InChI is InChI=1S/C26H19NO3/c28-27-24(20-12-10-19(11-13-20)18-6-2-1-3-7-18)17-29-21-14-15-26-23(16-21)22-8-4-5-9-25(22)30-26/h1-16,28H,17H2/b27-24-. The summed E-state index contributed by atoms with van der Waals surface area (Å²) in [5.74, 6) is 0.691. The number of hydrogen-bond acceptors (Lipinski definition) is 4. The summed E-state index contributed by atoms with van der Waals surface area (Å²) in [6.07, 6.45) is 0. The fourth-order valence-electron chi connectivity index (χ4n) is 3.60. The third-order valence-electron chi connectivity index (χ3n) is 5.17. The maximum absolute atomic E-state index is 9.52. The molecule has 0 aliphatic carbocycles. The predicted octanol–water partition coefficient (Wildman–Crippen LogP) is 6.51. The van der Waals surface area contributed by atoms with Crippen LogP contribution in [-0.4, -0.2) is 17.5 Å². The van der Waals surface area contributed by atoms with Crippen LogP contribution in [0.1, 0.15) is 5.56 Å². The van der Waals surface area contributed by atoms with Crippen molar-refractivity contribution in [2.45, 2.75) is 0 Å². The molecule has 30 heavy (non-hydrogen) atoms. The summed E-state index contributed by atoms with van der Waals surface area (Å²) < 4.78 is 11.8. The molecule has 146 valence electrons. The minimum atomic E-state index is 0.155. The molecule has 4 heteroatoms. The summed E-state index contributed by atoms with van der Waals surface area (Å²) in [4.78, 5) is 0. The SMILES string of the molecule is O/N=C(/COc1ccc2oc3ccccc3c2c1)c1ccc(-c2ccccc2)cc1. The van der Waals surface area contributed by atoms with Gasteiger partial charge in [-0.05, 0) is 35.4 Å². The number of benzene rings is 4. The van der Waals surface area contributed by atoms with E-state index in [9.17, 15) is 5.21 Å². The minimum absolute atomic E-state index is 0.155. The smallest absolute Gasteiger partial charge is 0.135 e. The number of hydrogen-bond donors (Lipinski definition) is 1. The minimum Gasteiger partial charge on any atom is -0.487 e. The van der Waals surface area contributed by atoms with E-state index in [1.807, 2.05) is 84.9 Å². The maximum atomic E-state index is 9.52. The van der Waals surface area contributed by atoms with E-state index in [0.717, 1.165) is 38.6 Å². The topological polar surface area (TPSA) is 55.0 Å². The highest BCUT2D eigenvalue weighted by Crippen LogP contribution is 2.31. The van der Waals surface area contributed by atoms with Gasteiger partial charge in [0.15, 0.2) is 0 Å². The predicted molar refractivity (Wildman–Crippen MR) is 119 cm³/mol. The Morgan fingerprint density at radius 1 is 0.733 bits per heavy atom. The molecule has 4 aromatic carbocycles. The molecule has 0 saturated heterocycles. The van der Waals surface area contributed by atoms with Crippen LogP contribution in [0.3, 0.4) is 0 Å². The Kier molecular flexibility index (Phi) is 4.66. The number of rotatable bonds is 5. The molecule has 0 aliphatic heterocycles. The number of oxime groups is 1. The van der Waals surface area contributed by atoms with Crippen LogP contribution >= 0.6 is 0 Å². The van der Waals surface area contributed by atoms with Crippen molar-refractivity contribution in [1.82, 2.24) is 0 Å². The van der Waals surface area contributed by atoms with Crippen molar-refractivity contribution >= 4 is 27.7 Å². The van der Waals surface area contributed by atoms with Crippen molar-refractivity contribution in [2.24, 2.45) is 5.16 Å². The Labute approximate surface area is 173 Å². The summed E-state index contributed by atoms with van der Waals surface area (Å²) in [5.41, 5.74) is 5.19. The van der Waals surface area contributed by atoms with Crippen LogP contribution in [0.15, 0.2) is 107 Å². The molecule has 0 atom stereocenters. The lowest BCUT2D eigenvalue weighted by molar-refractivity contribution is 0.308. The van der Waals surface area contributed by atoms with Gasteiger partial charge in [0.1, 0.15) is 29.2 Å². The van der Waals surface area contributed by atoms with Gasteiger partial charge >= 0.3 is 0 Å². The Balaban J connectivity index is 1.35. The highest BCUT2D eigenvalue weighted by molar-refractivity contribution is 6.05. The van der Waals surface area contributed by atoms with E-state index in [1.165, 1.54) is 0 Å². The van der Waals surface area contributed by atoms with E-state index in [-0.39, 0.29) is 6.61 Å². The first-order chi connectivity index (χ1) is 14.8. The Morgan fingerprint density at radius 3 is 2.23 bits per heavy atom. The van der Waals surface area contributed by atoms with Gasteiger partial charge in [0.2, 0.25) is 0 Å². The molecule has 1 heterocycles. The van der Waals surface area contributed by atoms with Gasteiger partial charge in [0.05, 0.1) is 0 Å². The number of fused-ring (bicyclic) bond motifs is 3. The van der Waals surface area contributed by atoms with Crippen LogP contribution in [0, 0.1) is 0 Å². The van der Waals surface area contributed by atoms with Gasteiger partial charge in [-0.3, -0.25) is 0 Å². The van der Waals surface area contributed by atoms with E-state index in [1.54, 1.807) is 0 Å². The van der Waals surface area contributed by atoms with Gasteiger partial charge in [0.25, 0.3) is 0 Å². The summed E-state index contributed by atoms with van der Waals surface area (Å²) >= 11 is 0. The van der Waals surface area contributed by atoms with E-state index in [2.05, 4.69) is 17.3 Å². The third kappa shape index (κ3) is 3.40. The van der Waals surface area contributed by atoms with E-state index >= 15 is 0 Å². The van der Waals surface area contributed by atoms with Crippen molar-refractivity contribution in [1.29, 1.82) is 0 Å². The molecule has 5 aromatic rings. The molecule has 0 fully saturated rings. The molecule has 1 N–H and O–H groups in total. The van der Waals surface area contributed by atoms with Gasteiger partial charge in [-0.25, -0.2) is 0 Å². The van der Waals surface area contributed by atoms with Gasteiger partial charge in [-0.2, -0.15) is 0 Å². The summed E-state index contributed by atoms with van der Waals surface area (Å²) in [6, 6.07) is 31.7. The quantitative estimate of drug-likeness (QED) is 0.210. The fourth-order valence-corrected chi connectivity index (χ4v) is 3.60. The number of ether oxygens (including phenoxy) is 1. The van der Waals surface area contributed by atoms with E-state index < -0.39 is 0 Å². The first-order valence-corrected chi connectivity index (χ1v) is 9.73. The molecular formula is C26H19NO3. The average Bonchev–Trinajstić information content (AvgIpc) is 3.18. The number of para-hydroxylation sites is 1. The van der Waals surface area contributed by atoms with Gasteiger partial charge in [-0.15, -0.1) is 0 Å². The van der Waals surface area contributed by atoms with Crippen molar-refractivity contribution in [3.8, 4) is 16.9 Å². The Bertz CT molecular complexity index is 1340. The molecule has 0 saturated carbocycles. The molecule has 0 bridgehead atoms. The van der Waals surface area contributed by atoms with Gasteiger partial charge in [-0.1, -0.05) is 78.0 Å². The second kappa shape index (κ2) is 7.76. The molecule has 0 amide bonds. The van der Waals surface area contributed by atoms with Crippen molar-refractivity contribution < 1.29 is 14.4 Å². The zero-order chi connectivity index (χ0) is 20.3. The van der Waals surface area contributed by atoms with Crippen molar-refractivity contribution in [3.63, 3.8) is 0 Å². The molecule has 0 spiro atoms. The highest BCUT2D eigenvalue weighted by atomic mass is 16.5. The monoisotopic (exact) mass is 393 g/mol. The van der Waals surface area contributed by atoms with Crippen molar-refractivity contribution in [2.75, 3.05) is 6.61 Å². The lowest BCUT2D eigenvalue weighted by Crippen LogP contribution is -2.13. The van der Waals surface area contributed by atoms with E-state index in [0.29, 0.717) is 11.5 Å². The van der Waals surface area contributed by atoms with Crippen LogP contribution in [0.5, 0.6) is 5.75 Å². The molecule has 0 radical (unpaired) electrons. The molecule has 4 nitrogen and oxygen atoms in total. The summed E-state index contributed by atoms with van der Waals surface area (Å²) in [7, 11) is 0. The lowest BCUT2D eigenvalue weighted by atomic mass is 10.0. The first-order valence-electron chi connectivity index (χ1n) is 9.73. The van der Waals surface area contributed by atoms with Crippen molar-refractivity contribution in [3.05, 3.63) is 103 Å². The van der Waals surface area contributed by atoms with Gasteiger partial charge in [0, 0.05) is 16.3 Å². The molecule has 0 aliphatic rings. The highest BCUT2D eigenvalue weighted by Gasteiger charge is 2.10. The molecule has 1 aromatic heterocycles. The zero-order valence-electron chi connectivity index (χ0n) is 16.2.